The van der Waals surface area contributed by atoms with Gasteiger partial charge in [-0.1, -0.05) is 31.2 Å². The number of nitrogens with zero attached hydrogens (tertiary/aromatic N) is 1. The molecule has 11 nitrogen and oxygen atoms in total. The topological polar surface area (TPSA) is 137 Å². The first-order chi connectivity index (χ1) is 25.2. The van der Waals surface area contributed by atoms with E-state index in [-0.39, 0.29) is 11.6 Å². The van der Waals surface area contributed by atoms with Crippen molar-refractivity contribution in [2.75, 3.05) is 39.1 Å². The van der Waals surface area contributed by atoms with Crippen molar-refractivity contribution in [2.24, 2.45) is 0 Å². The van der Waals surface area contributed by atoms with Gasteiger partial charge in [-0.2, -0.15) is 0 Å². The van der Waals surface area contributed by atoms with E-state index in [0.717, 1.165) is 10.5 Å². The van der Waals surface area contributed by atoms with Crippen LogP contribution >= 0.6 is 23.1 Å². The van der Waals surface area contributed by atoms with E-state index in [4.69, 9.17) is 18.9 Å². The smallest absolute Gasteiger partial charge is 0.272 e. The number of amides is 3. The van der Waals surface area contributed by atoms with Gasteiger partial charge in [0.2, 0.25) is 5.91 Å². The quantitative estimate of drug-likeness (QED) is 0.0727. The zero-order valence-corrected chi connectivity index (χ0v) is 30.9. The van der Waals surface area contributed by atoms with E-state index >= 15 is 0 Å². The fourth-order valence-electron chi connectivity index (χ4n) is 5.01. The SMILES string of the molecule is CCC(Sc1cccc(NC(=O)/C(=C\c2ccc(OC)cc2OC)NC(=O)c2ccccc2)c1)C(=O)Nc1nc(-c2ccc(OC)c(OC)c2)cs1. The molecule has 0 fully saturated rings. The van der Waals surface area contributed by atoms with E-state index in [1.54, 1.807) is 94.1 Å². The maximum atomic E-state index is 13.7. The molecule has 0 saturated heterocycles. The van der Waals surface area contributed by atoms with Crippen LogP contribution in [0.5, 0.6) is 23.0 Å². The molecule has 0 aliphatic heterocycles. The molecule has 5 rings (SSSR count). The Morgan fingerprint density at radius 2 is 1.58 bits per heavy atom. The molecule has 0 aliphatic rings. The first-order valence-corrected chi connectivity index (χ1v) is 17.9. The first kappa shape index (κ1) is 37.5. The normalized spacial score (nSPS) is 11.6. The van der Waals surface area contributed by atoms with Gasteiger partial charge < -0.3 is 34.9 Å². The van der Waals surface area contributed by atoms with Crippen molar-refractivity contribution in [1.82, 2.24) is 10.3 Å². The minimum Gasteiger partial charge on any atom is -0.497 e. The lowest BCUT2D eigenvalue weighted by atomic mass is 10.1. The van der Waals surface area contributed by atoms with Gasteiger partial charge in [0.25, 0.3) is 11.8 Å². The molecule has 5 aromatic rings. The molecule has 3 amide bonds. The predicted octanol–water partition coefficient (Wildman–Crippen LogP) is 7.76. The third-order valence-electron chi connectivity index (χ3n) is 7.72. The second kappa shape index (κ2) is 17.9. The Morgan fingerprint density at radius 1 is 0.808 bits per heavy atom. The molecule has 3 N–H and O–H groups in total. The Hall–Kier alpha value is -5.79. The Bertz CT molecular complexity index is 2070. The van der Waals surface area contributed by atoms with Gasteiger partial charge in [0, 0.05) is 38.7 Å². The van der Waals surface area contributed by atoms with Gasteiger partial charge in [0.05, 0.1) is 39.4 Å². The summed E-state index contributed by atoms with van der Waals surface area (Å²) in [5.41, 5.74) is 2.95. The number of carbonyl (C=O) groups excluding carboxylic acids is 3. The van der Waals surface area contributed by atoms with Crippen molar-refractivity contribution in [3.63, 3.8) is 0 Å². The summed E-state index contributed by atoms with van der Waals surface area (Å²) >= 11 is 2.70. The molecule has 52 heavy (non-hydrogen) atoms. The fraction of sp³-hybridized carbons (Fsp3) is 0.179. The predicted molar refractivity (Wildman–Crippen MR) is 206 cm³/mol. The summed E-state index contributed by atoms with van der Waals surface area (Å²) in [4.78, 5) is 45.6. The minimum absolute atomic E-state index is 0.00269. The van der Waals surface area contributed by atoms with E-state index in [1.165, 1.54) is 30.2 Å². The van der Waals surface area contributed by atoms with Gasteiger partial charge in [-0.15, -0.1) is 23.1 Å². The zero-order valence-electron chi connectivity index (χ0n) is 29.2. The van der Waals surface area contributed by atoms with Gasteiger partial charge in [-0.05, 0) is 73.2 Å². The third kappa shape index (κ3) is 9.50. The number of benzene rings is 4. The third-order valence-corrected chi connectivity index (χ3v) is 9.83. The van der Waals surface area contributed by atoms with Crippen LogP contribution in [-0.4, -0.2) is 56.4 Å². The molecule has 0 aliphatic carbocycles. The van der Waals surface area contributed by atoms with Crippen LogP contribution in [0.15, 0.2) is 107 Å². The Balaban J connectivity index is 1.30. The second-order valence-electron chi connectivity index (χ2n) is 11.1. The number of aromatic nitrogens is 1. The number of ether oxygens (including phenoxy) is 4. The van der Waals surface area contributed by atoms with Crippen LogP contribution < -0.4 is 34.9 Å². The van der Waals surface area contributed by atoms with Crippen molar-refractivity contribution in [3.05, 3.63) is 113 Å². The number of thioether (sulfide) groups is 1. The van der Waals surface area contributed by atoms with Crippen LogP contribution in [-0.2, 0) is 9.59 Å². The lowest BCUT2D eigenvalue weighted by molar-refractivity contribution is -0.116. The molecular formula is C39H38N4O7S2. The van der Waals surface area contributed by atoms with Crippen LogP contribution in [0.1, 0.15) is 29.3 Å². The Morgan fingerprint density at radius 3 is 2.29 bits per heavy atom. The monoisotopic (exact) mass is 738 g/mol. The minimum atomic E-state index is -0.553. The van der Waals surface area contributed by atoms with Crippen LogP contribution in [0.2, 0.25) is 0 Å². The first-order valence-electron chi connectivity index (χ1n) is 16.1. The van der Waals surface area contributed by atoms with E-state index in [2.05, 4.69) is 20.9 Å². The van der Waals surface area contributed by atoms with E-state index in [0.29, 0.717) is 57.1 Å². The highest BCUT2D eigenvalue weighted by molar-refractivity contribution is 8.00. The summed E-state index contributed by atoms with van der Waals surface area (Å²) in [5, 5.41) is 10.5. The maximum Gasteiger partial charge on any atom is 0.272 e. The lowest BCUT2D eigenvalue weighted by Crippen LogP contribution is -2.30. The molecule has 1 atom stereocenters. The van der Waals surface area contributed by atoms with Crippen molar-refractivity contribution >= 4 is 57.7 Å². The molecule has 0 bridgehead atoms. The Kier molecular flexibility index (Phi) is 12.9. The number of hydrogen-bond donors (Lipinski definition) is 3. The van der Waals surface area contributed by atoms with Gasteiger partial charge in [-0.3, -0.25) is 14.4 Å². The largest absolute Gasteiger partial charge is 0.497 e. The van der Waals surface area contributed by atoms with Gasteiger partial charge in [0.1, 0.15) is 17.2 Å². The van der Waals surface area contributed by atoms with Crippen LogP contribution in [0.3, 0.4) is 0 Å². The second-order valence-corrected chi connectivity index (χ2v) is 13.2. The van der Waals surface area contributed by atoms with Crippen molar-refractivity contribution < 1.29 is 33.3 Å². The van der Waals surface area contributed by atoms with Crippen molar-refractivity contribution in [2.45, 2.75) is 23.5 Å². The highest BCUT2D eigenvalue weighted by Crippen LogP contribution is 2.34. The summed E-state index contributed by atoms with van der Waals surface area (Å²) in [7, 11) is 6.20. The molecule has 13 heteroatoms. The van der Waals surface area contributed by atoms with Crippen molar-refractivity contribution in [3.8, 4) is 34.3 Å². The zero-order chi connectivity index (χ0) is 37.0. The van der Waals surface area contributed by atoms with Crippen LogP contribution in [0.4, 0.5) is 10.8 Å². The van der Waals surface area contributed by atoms with Gasteiger partial charge >= 0.3 is 0 Å². The van der Waals surface area contributed by atoms with Gasteiger partial charge in [0.15, 0.2) is 16.6 Å². The lowest BCUT2D eigenvalue weighted by Gasteiger charge is -2.15. The highest BCUT2D eigenvalue weighted by Gasteiger charge is 2.21. The van der Waals surface area contributed by atoms with Gasteiger partial charge in [-0.25, -0.2) is 4.98 Å². The molecule has 0 spiro atoms. The fourth-order valence-corrected chi connectivity index (χ4v) is 6.75. The standard InChI is InChI=1S/C39H38N4O7S2/c1-6-35(38(46)43-39-42-31(23-51-39)25-16-18-32(48-3)34(20-25)50-5)52-29-14-10-13-27(21-29)40-37(45)30(41-36(44)24-11-8-7-9-12-24)19-26-15-17-28(47-2)22-33(26)49-4/h7-23,35H,6H2,1-5H3,(H,40,45)(H,41,44)(H,42,43,46)/b30-19+. The number of rotatable bonds is 15. The average molecular weight is 739 g/mol. The summed E-state index contributed by atoms with van der Waals surface area (Å²) < 4.78 is 21.6. The summed E-state index contributed by atoms with van der Waals surface area (Å²) in [5.74, 6) is 1.03. The molecule has 0 saturated carbocycles. The summed E-state index contributed by atoms with van der Waals surface area (Å²) in [6.45, 7) is 1.93. The number of nitrogens with one attached hydrogen (secondary N) is 3. The number of hydrogen-bond acceptors (Lipinski definition) is 10. The molecule has 1 heterocycles. The summed E-state index contributed by atoms with van der Waals surface area (Å²) in [6, 6.07) is 26.4. The molecule has 268 valence electrons. The Labute approximate surface area is 310 Å². The van der Waals surface area contributed by atoms with E-state index in [1.807, 2.05) is 36.6 Å². The summed E-state index contributed by atoms with van der Waals surface area (Å²) in [6.07, 6.45) is 2.09. The van der Waals surface area contributed by atoms with E-state index in [9.17, 15) is 14.4 Å². The molecule has 0 radical (unpaired) electrons. The average Bonchev–Trinajstić information content (AvgIpc) is 3.65. The number of anilines is 2. The molecule has 4 aromatic carbocycles. The highest BCUT2D eigenvalue weighted by atomic mass is 32.2. The molecule has 1 aromatic heterocycles. The van der Waals surface area contributed by atoms with Crippen molar-refractivity contribution in [1.29, 1.82) is 0 Å². The number of methoxy groups -OCH3 is 4. The molecular weight excluding hydrogens is 701 g/mol. The van der Waals surface area contributed by atoms with Crippen LogP contribution in [0, 0.1) is 0 Å². The van der Waals surface area contributed by atoms with Crippen LogP contribution in [0.25, 0.3) is 17.3 Å². The molecule has 1 unspecified atom stereocenters. The number of carbonyl (C=O) groups is 3. The van der Waals surface area contributed by atoms with E-state index < -0.39 is 17.1 Å². The number of thiazole rings is 1. The maximum absolute atomic E-state index is 13.7.